The van der Waals surface area contributed by atoms with Gasteiger partial charge >= 0.3 is 0 Å². The molecule has 0 bridgehead atoms. The molecule has 1 N–H and O–H groups in total. The monoisotopic (exact) mass is 332 g/mol. The number of nitrogens with zero attached hydrogens (tertiary/aromatic N) is 1. The van der Waals surface area contributed by atoms with Gasteiger partial charge in [0.1, 0.15) is 5.75 Å². The van der Waals surface area contributed by atoms with Crippen molar-refractivity contribution in [2.24, 2.45) is 11.8 Å². The van der Waals surface area contributed by atoms with Gasteiger partial charge in [0.2, 0.25) is 10.0 Å². The molecule has 21 heavy (non-hydrogen) atoms. The molecule has 2 fully saturated rings. The van der Waals surface area contributed by atoms with Crippen LogP contribution in [0.25, 0.3) is 0 Å². The normalized spacial score (nSPS) is 25.4. The van der Waals surface area contributed by atoms with E-state index in [9.17, 15) is 8.42 Å². The minimum Gasteiger partial charge on any atom is -0.497 e. The zero-order chi connectivity index (χ0) is 14.2. The van der Waals surface area contributed by atoms with Crippen LogP contribution in [0.4, 0.5) is 0 Å². The zero-order valence-electron chi connectivity index (χ0n) is 12.0. The van der Waals surface area contributed by atoms with Gasteiger partial charge in [-0.3, -0.25) is 0 Å². The van der Waals surface area contributed by atoms with Gasteiger partial charge in [-0.1, -0.05) is 12.1 Å². The van der Waals surface area contributed by atoms with Crippen LogP contribution in [0.15, 0.2) is 24.3 Å². The van der Waals surface area contributed by atoms with Gasteiger partial charge in [0, 0.05) is 13.1 Å². The van der Waals surface area contributed by atoms with E-state index >= 15 is 0 Å². The number of benzene rings is 1. The van der Waals surface area contributed by atoms with Crippen LogP contribution in [0.5, 0.6) is 5.75 Å². The summed E-state index contributed by atoms with van der Waals surface area (Å²) in [6.07, 6.45) is 0. The van der Waals surface area contributed by atoms with Gasteiger partial charge in [-0.05, 0) is 42.6 Å². The Balaban J connectivity index is 0.00000161. The van der Waals surface area contributed by atoms with Crippen molar-refractivity contribution >= 4 is 22.4 Å². The molecule has 2 saturated heterocycles. The lowest BCUT2D eigenvalue weighted by atomic mass is 10.0. The number of halogens is 1. The number of sulfonamides is 1. The van der Waals surface area contributed by atoms with Crippen molar-refractivity contribution in [3.63, 3.8) is 0 Å². The Labute approximate surface area is 132 Å². The van der Waals surface area contributed by atoms with Crippen molar-refractivity contribution in [3.8, 4) is 5.75 Å². The fourth-order valence-electron chi connectivity index (χ4n) is 3.10. The first-order chi connectivity index (χ1) is 9.58. The van der Waals surface area contributed by atoms with E-state index in [1.165, 1.54) is 0 Å². The lowest BCUT2D eigenvalue weighted by Crippen LogP contribution is -2.32. The number of nitrogens with one attached hydrogen (secondary N) is 1. The van der Waals surface area contributed by atoms with Gasteiger partial charge in [0.05, 0.1) is 12.9 Å². The second kappa shape index (κ2) is 6.52. The van der Waals surface area contributed by atoms with E-state index in [2.05, 4.69) is 5.32 Å². The number of rotatable bonds is 4. The first-order valence-electron chi connectivity index (χ1n) is 6.90. The van der Waals surface area contributed by atoms with Crippen LogP contribution >= 0.6 is 12.4 Å². The molecule has 0 saturated carbocycles. The van der Waals surface area contributed by atoms with Gasteiger partial charge in [0.15, 0.2) is 0 Å². The summed E-state index contributed by atoms with van der Waals surface area (Å²) in [5.41, 5.74) is 0.777. The van der Waals surface area contributed by atoms with Crippen LogP contribution < -0.4 is 10.1 Å². The lowest BCUT2D eigenvalue weighted by Gasteiger charge is -2.17. The Bertz CT molecular complexity index is 582. The van der Waals surface area contributed by atoms with E-state index in [4.69, 9.17) is 4.74 Å². The molecule has 1 aromatic rings. The van der Waals surface area contributed by atoms with Crippen molar-refractivity contribution < 1.29 is 13.2 Å². The Morgan fingerprint density at radius 1 is 1.29 bits per heavy atom. The molecule has 0 spiro atoms. The molecule has 0 amide bonds. The number of hydrogen-bond acceptors (Lipinski definition) is 4. The third-order valence-corrected chi connectivity index (χ3v) is 6.02. The van der Waals surface area contributed by atoms with E-state index in [0.717, 1.165) is 18.7 Å². The molecule has 7 heteroatoms. The van der Waals surface area contributed by atoms with Gasteiger partial charge in [0.25, 0.3) is 0 Å². The van der Waals surface area contributed by atoms with Gasteiger partial charge in [-0.2, -0.15) is 0 Å². The molecular weight excluding hydrogens is 312 g/mol. The van der Waals surface area contributed by atoms with E-state index in [0.29, 0.717) is 30.7 Å². The van der Waals surface area contributed by atoms with Crippen molar-refractivity contribution in [3.05, 3.63) is 29.8 Å². The number of methoxy groups -OCH3 is 1. The SMILES string of the molecule is COc1cccc(CS(=O)(=O)N2C[C@H]3CNC[C@H]3C2)c1.Cl. The molecule has 2 heterocycles. The predicted octanol–water partition coefficient (Wildman–Crippen LogP) is 1.10. The molecule has 118 valence electrons. The van der Waals surface area contributed by atoms with Gasteiger partial charge in [-0.15, -0.1) is 12.4 Å². The quantitative estimate of drug-likeness (QED) is 0.897. The molecule has 3 rings (SSSR count). The van der Waals surface area contributed by atoms with Crippen molar-refractivity contribution in [2.45, 2.75) is 5.75 Å². The molecule has 1 aromatic carbocycles. The van der Waals surface area contributed by atoms with Crippen molar-refractivity contribution in [1.29, 1.82) is 0 Å². The van der Waals surface area contributed by atoms with E-state index in [1.807, 2.05) is 18.2 Å². The number of ether oxygens (including phenoxy) is 1. The minimum absolute atomic E-state index is 0. The summed E-state index contributed by atoms with van der Waals surface area (Å²) >= 11 is 0. The van der Waals surface area contributed by atoms with E-state index in [-0.39, 0.29) is 18.2 Å². The number of fused-ring (bicyclic) bond motifs is 1. The Kier molecular flexibility index (Phi) is 5.14. The average molecular weight is 333 g/mol. The van der Waals surface area contributed by atoms with Crippen LogP contribution in [0.2, 0.25) is 0 Å². The maximum absolute atomic E-state index is 12.5. The van der Waals surface area contributed by atoms with Crippen LogP contribution in [0, 0.1) is 11.8 Å². The van der Waals surface area contributed by atoms with Crippen molar-refractivity contribution in [1.82, 2.24) is 9.62 Å². The molecule has 0 unspecified atom stereocenters. The smallest absolute Gasteiger partial charge is 0.218 e. The predicted molar refractivity (Wildman–Crippen MR) is 84.3 cm³/mol. The molecule has 0 radical (unpaired) electrons. The molecule has 0 aromatic heterocycles. The third-order valence-electron chi connectivity index (χ3n) is 4.23. The highest BCUT2D eigenvalue weighted by molar-refractivity contribution is 7.88. The van der Waals surface area contributed by atoms with Crippen LogP contribution in [-0.2, 0) is 15.8 Å². The van der Waals surface area contributed by atoms with Crippen LogP contribution in [-0.4, -0.2) is 46.0 Å². The Hall–Kier alpha value is -0.820. The highest BCUT2D eigenvalue weighted by atomic mass is 35.5. The maximum Gasteiger partial charge on any atom is 0.218 e. The molecule has 5 nitrogen and oxygen atoms in total. The maximum atomic E-state index is 12.5. The largest absolute Gasteiger partial charge is 0.497 e. The second-order valence-electron chi connectivity index (χ2n) is 5.60. The van der Waals surface area contributed by atoms with Crippen molar-refractivity contribution in [2.75, 3.05) is 33.3 Å². The van der Waals surface area contributed by atoms with E-state index < -0.39 is 10.0 Å². The molecule has 2 aliphatic rings. The molecule has 0 aliphatic carbocycles. The summed E-state index contributed by atoms with van der Waals surface area (Å²) < 4.78 is 31.8. The average Bonchev–Trinajstić information content (AvgIpc) is 2.99. The summed E-state index contributed by atoms with van der Waals surface area (Å²) in [4.78, 5) is 0. The first kappa shape index (κ1) is 16.5. The third kappa shape index (κ3) is 3.51. The molecular formula is C14H21ClN2O3S. The summed E-state index contributed by atoms with van der Waals surface area (Å²) in [7, 11) is -1.64. The summed E-state index contributed by atoms with van der Waals surface area (Å²) in [6.45, 7) is 3.19. The van der Waals surface area contributed by atoms with Gasteiger partial charge in [-0.25, -0.2) is 12.7 Å². The Morgan fingerprint density at radius 2 is 1.95 bits per heavy atom. The Morgan fingerprint density at radius 3 is 2.57 bits per heavy atom. The fraction of sp³-hybridized carbons (Fsp3) is 0.571. The fourth-order valence-corrected chi connectivity index (χ4v) is 4.72. The highest BCUT2D eigenvalue weighted by Gasteiger charge is 2.40. The second-order valence-corrected chi connectivity index (χ2v) is 7.57. The summed E-state index contributed by atoms with van der Waals surface area (Å²) in [5, 5.41) is 3.32. The summed E-state index contributed by atoms with van der Waals surface area (Å²) in [6, 6.07) is 7.27. The molecule has 2 aliphatic heterocycles. The van der Waals surface area contributed by atoms with Crippen LogP contribution in [0.3, 0.4) is 0 Å². The first-order valence-corrected chi connectivity index (χ1v) is 8.51. The van der Waals surface area contributed by atoms with Crippen LogP contribution in [0.1, 0.15) is 5.56 Å². The number of hydrogen-bond donors (Lipinski definition) is 1. The molecule has 2 atom stereocenters. The zero-order valence-corrected chi connectivity index (χ0v) is 13.6. The standard InChI is InChI=1S/C14H20N2O3S.ClH/c1-19-14-4-2-3-11(5-14)10-20(17,18)16-8-12-6-15-7-13(12)9-16;/h2-5,12-13,15H,6-10H2,1H3;1H/t12-,13+;. The highest BCUT2D eigenvalue weighted by Crippen LogP contribution is 2.29. The van der Waals surface area contributed by atoms with Gasteiger partial charge < -0.3 is 10.1 Å². The lowest BCUT2D eigenvalue weighted by molar-refractivity contribution is 0.414. The van der Waals surface area contributed by atoms with E-state index in [1.54, 1.807) is 17.5 Å². The summed E-state index contributed by atoms with van der Waals surface area (Å²) in [5.74, 6) is 1.71. The minimum atomic E-state index is -3.23. The topological polar surface area (TPSA) is 58.6 Å².